The molecule has 0 radical (unpaired) electrons. The van der Waals surface area contributed by atoms with Crippen molar-refractivity contribution in [1.82, 2.24) is 0 Å². The second-order valence-corrected chi connectivity index (χ2v) is 6.81. The van der Waals surface area contributed by atoms with Gasteiger partial charge in [0.15, 0.2) is 0 Å². The van der Waals surface area contributed by atoms with Gasteiger partial charge in [0, 0.05) is 5.57 Å². The van der Waals surface area contributed by atoms with Crippen LogP contribution >= 0.6 is 69.6 Å². The fraction of sp³-hybridized carbons (Fsp3) is 0.167. The summed E-state index contributed by atoms with van der Waals surface area (Å²) in [5.41, 5.74) is 0.727. The van der Waals surface area contributed by atoms with Crippen LogP contribution in [0.1, 0.15) is 5.56 Å². The van der Waals surface area contributed by atoms with E-state index in [4.69, 9.17) is 69.6 Å². The standard InChI is InChI=1S/C12H5Cl6F/c13-8-7(6-4-2-1-3-5-6)9(14)12(18,19)11(16,17)10(8)15/h1-5H. The topological polar surface area (TPSA) is 0 Å². The minimum Gasteiger partial charge on any atom is -0.216 e. The molecule has 0 amide bonds. The first-order chi connectivity index (χ1) is 8.71. The third-order valence-corrected chi connectivity index (χ3v) is 5.89. The largest absolute Gasteiger partial charge is 0.257 e. The van der Waals surface area contributed by atoms with Gasteiger partial charge in [0.1, 0.15) is 0 Å². The highest BCUT2D eigenvalue weighted by Gasteiger charge is 2.58. The van der Waals surface area contributed by atoms with E-state index in [0.29, 0.717) is 5.56 Å². The lowest BCUT2D eigenvalue weighted by Gasteiger charge is -2.36. The Kier molecular flexibility index (Phi) is 4.39. The molecule has 0 aliphatic heterocycles. The van der Waals surface area contributed by atoms with Gasteiger partial charge >= 0.3 is 0 Å². The van der Waals surface area contributed by atoms with Gasteiger partial charge in [-0.2, -0.15) is 0 Å². The summed E-state index contributed by atoms with van der Waals surface area (Å²) < 4.78 is 12.3. The molecule has 0 saturated carbocycles. The lowest BCUT2D eigenvalue weighted by molar-refractivity contribution is 0.325. The maximum atomic E-state index is 14.5. The van der Waals surface area contributed by atoms with Crippen molar-refractivity contribution in [1.29, 1.82) is 0 Å². The molecule has 1 unspecified atom stereocenters. The third-order valence-electron chi connectivity index (χ3n) is 2.64. The van der Waals surface area contributed by atoms with Crippen LogP contribution in [0, 0.1) is 0 Å². The Balaban J connectivity index is 2.74. The molecule has 0 heterocycles. The van der Waals surface area contributed by atoms with Crippen LogP contribution < -0.4 is 0 Å². The molecule has 7 heteroatoms. The number of hydrogen-bond acceptors (Lipinski definition) is 0. The Morgan fingerprint density at radius 2 is 1.37 bits per heavy atom. The van der Waals surface area contributed by atoms with Crippen molar-refractivity contribution < 1.29 is 4.39 Å². The quantitative estimate of drug-likeness (QED) is 0.493. The first kappa shape index (κ1) is 15.8. The zero-order chi connectivity index (χ0) is 14.4. The Morgan fingerprint density at radius 3 is 1.89 bits per heavy atom. The van der Waals surface area contributed by atoms with Gasteiger partial charge in [0.05, 0.1) is 15.1 Å². The van der Waals surface area contributed by atoms with E-state index in [1.54, 1.807) is 30.3 Å². The van der Waals surface area contributed by atoms with E-state index < -0.39 is 14.5 Å². The van der Waals surface area contributed by atoms with E-state index in [-0.39, 0.29) is 15.6 Å². The van der Waals surface area contributed by atoms with E-state index in [1.165, 1.54) is 0 Å². The van der Waals surface area contributed by atoms with E-state index >= 15 is 0 Å². The number of allylic oxidation sites excluding steroid dienone is 4. The van der Waals surface area contributed by atoms with Crippen LogP contribution in [0.25, 0.3) is 5.57 Å². The second-order valence-electron chi connectivity index (χ2n) is 3.83. The average Bonchev–Trinajstić information content (AvgIpc) is 2.37. The Hall–Kier alpha value is 0.370. The van der Waals surface area contributed by atoms with E-state index in [1.807, 2.05) is 0 Å². The summed E-state index contributed by atoms with van der Waals surface area (Å²) in [6, 6.07) is 8.64. The van der Waals surface area contributed by atoms with Crippen LogP contribution in [0.5, 0.6) is 0 Å². The fourth-order valence-electron chi connectivity index (χ4n) is 1.63. The van der Waals surface area contributed by atoms with Gasteiger partial charge in [-0.3, -0.25) is 0 Å². The molecule has 19 heavy (non-hydrogen) atoms. The normalized spacial score (nSPS) is 26.9. The van der Waals surface area contributed by atoms with Crippen molar-refractivity contribution in [2.75, 3.05) is 0 Å². The minimum absolute atomic E-state index is 0.0307. The first-order valence-electron chi connectivity index (χ1n) is 4.98. The third kappa shape index (κ3) is 2.39. The molecule has 1 aromatic rings. The number of hydrogen-bond donors (Lipinski definition) is 0. The highest BCUT2D eigenvalue weighted by atomic mass is 35.5. The van der Waals surface area contributed by atoms with Crippen molar-refractivity contribution in [2.24, 2.45) is 0 Å². The summed E-state index contributed by atoms with van der Waals surface area (Å²) in [5.74, 6) is 0. The van der Waals surface area contributed by atoms with E-state index in [2.05, 4.69) is 0 Å². The molecule has 102 valence electrons. The molecule has 1 aliphatic rings. The highest BCUT2D eigenvalue weighted by molar-refractivity contribution is 6.65. The molecule has 0 nitrogen and oxygen atoms in total. The van der Waals surface area contributed by atoms with Gasteiger partial charge in [0.2, 0.25) is 4.33 Å². The number of rotatable bonds is 1. The van der Waals surface area contributed by atoms with Gasteiger partial charge in [-0.1, -0.05) is 99.9 Å². The monoisotopic (exact) mass is 378 g/mol. The lowest BCUT2D eigenvalue weighted by Crippen LogP contribution is -2.41. The molecule has 0 aromatic heterocycles. The smallest absolute Gasteiger partial charge is 0.216 e. The Labute approximate surface area is 139 Å². The number of benzene rings is 1. The minimum atomic E-state index is -2.77. The first-order valence-corrected chi connectivity index (χ1v) is 7.25. The highest BCUT2D eigenvalue weighted by Crippen LogP contribution is 2.60. The second kappa shape index (κ2) is 5.29. The van der Waals surface area contributed by atoms with Crippen LogP contribution in [0.4, 0.5) is 4.39 Å². The zero-order valence-electron chi connectivity index (χ0n) is 9.03. The van der Waals surface area contributed by atoms with Crippen molar-refractivity contribution >= 4 is 75.2 Å². The van der Waals surface area contributed by atoms with Crippen molar-refractivity contribution in [3.05, 3.63) is 51.0 Å². The van der Waals surface area contributed by atoms with Crippen LogP contribution in [0.15, 0.2) is 45.4 Å². The van der Waals surface area contributed by atoms with Gasteiger partial charge in [0.25, 0.3) is 5.13 Å². The van der Waals surface area contributed by atoms with Gasteiger partial charge < -0.3 is 0 Å². The molecular formula is C12H5Cl6F. The molecule has 1 aliphatic carbocycles. The number of alkyl halides is 4. The Morgan fingerprint density at radius 1 is 0.842 bits per heavy atom. The Bertz CT molecular complexity index is 573. The van der Waals surface area contributed by atoms with Crippen LogP contribution in [0.2, 0.25) is 0 Å². The van der Waals surface area contributed by atoms with Gasteiger partial charge in [-0.25, -0.2) is 4.39 Å². The van der Waals surface area contributed by atoms with E-state index in [0.717, 1.165) is 0 Å². The molecule has 1 aromatic carbocycles. The van der Waals surface area contributed by atoms with Crippen molar-refractivity contribution in [2.45, 2.75) is 9.46 Å². The van der Waals surface area contributed by atoms with Crippen LogP contribution in [-0.2, 0) is 0 Å². The van der Waals surface area contributed by atoms with Crippen LogP contribution in [-0.4, -0.2) is 9.46 Å². The molecule has 1 atom stereocenters. The predicted molar refractivity (Wildman–Crippen MR) is 82.1 cm³/mol. The average molecular weight is 381 g/mol. The molecule has 0 N–H and O–H groups in total. The summed E-state index contributed by atoms with van der Waals surface area (Å²) >= 11 is 35.4. The van der Waals surface area contributed by atoms with E-state index in [9.17, 15) is 4.39 Å². The summed E-state index contributed by atoms with van der Waals surface area (Å²) in [6.45, 7) is 0. The summed E-state index contributed by atoms with van der Waals surface area (Å²) in [6.07, 6.45) is 0. The maximum absolute atomic E-state index is 14.5. The lowest BCUT2D eigenvalue weighted by atomic mass is 9.97. The molecule has 0 spiro atoms. The molecule has 0 saturated heterocycles. The molecule has 0 bridgehead atoms. The SMILES string of the molecule is FC1(Cl)C(Cl)=C(c2ccccc2)C(Cl)=C(Cl)C1(Cl)Cl. The summed E-state index contributed by atoms with van der Waals surface area (Å²) in [7, 11) is 0. The summed E-state index contributed by atoms with van der Waals surface area (Å²) in [4.78, 5) is 0. The number of halogens is 7. The fourth-order valence-corrected chi connectivity index (χ4v) is 3.41. The van der Waals surface area contributed by atoms with Gasteiger partial charge in [-0.05, 0) is 5.56 Å². The van der Waals surface area contributed by atoms with Crippen molar-refractivity contribution in [3.8, 4) is 0 Å². The van der Waals surface area contributed by atoms with Crippen LogP contribution in [0.3, 0.4) is 0 Å². The predicted octanol–water partition coefficient (Wildman–Crippen LogP) is 6.42. The molecular weight excluding hydrogens is 376 g/mol. The maximum Gasteiger partial charge on any atom is 0.257 e. The molecule has 0 fully saturated rings. The zero-order valence-corrected chi connectivity index (χ0v) is 13.6. The van der Waals surface area contributed by atoms with Gasteiger partial charge in [-0.15, -0.1) is 0 Å². The van der Waals surface area contributed by atoms with Crippen molar-refractivity contribution in [3.63, 3.8) is 0 Å². The molecule has 2 rings (SSSR count). The summed E-state index contributed by atoms with van der Waals surface area (Å²) in [5, 5.41) is -3.51.